The number of benzene rings is 1. The maximum atomic E-state index is 13.8. The lowest BCUT2D eigenvalue weighted by atomic mass is 9.75. The number of allylic oxidation sites excluding steroid dienone is 2. The number of piperidine rings is 1. The first-order chi connectivity index (χ1) is 19.4. The van der Waals surface area contributed by atoms with E-state index in [0.717, 1.165) is 12.0 Å². The van der Waals surface area contributed by atoms with E-state index in [2.05, 4.69) is 22.8 Å². The lowest BCUT2D eigenvalue weighted by Gasteiger charge is -2.41. The molecular formula is C31H42N4O5. The summed E-state index contributed by atoms with van der Waals surface area (Å²) >= 11 is 0. The summed E-state index contributed by atoms with van der Waals surface area (Å²) in [6, 6.07) is 8.58. The molecule has 1 aromatic carbocycles. The quantitative estimate of drug-likeness (QED) is 0.561. The van der Waals surface area contributed by atoms with Crippen LogP contribution in [0.2, 0.25) is 0 Å². The number of fused-ring (bicyclic) bond motifs is 1. The molecule has 2 N–H and O–H groups in total. The molecule has 4 aliphatic rings. The summed E-state index contributed by atoms with van der Waals surface area (Å²) in [5.74, 6) is -0.260. The number of ether oxygens (including phenoxy) is 1. The lowest BCUT2D eigenvalue weighted by Crippen LogP contribution is -2.59. The normalized spacial score (nSPS) is 29.9. The summed E-state index contributed by atoms with van der Waals surface area (Å²) in [6.45, 7) is 4.27. The van der Waals surface area contributed by atoms with Gasteiger partial charge in [-0.3, -0.25) is 19.2 Å². The van der Waals surface area contributed by atoms with Crippen molar-refractivity contribution in [3.63, 3.8) is 0 Å². The minimum absolute atomic E-state index is 0.0166. The second-order valence-electron chi connectivity index (χ2n) is 11.8. The van der Waals surface area contributed by atoms with Crippen LogP contribution in [0.25, 0.3) is 0 Å². The minimum atomic E-state index is -0.694. The molecule has 0 saturated carbocycles. The fourth-order valence-corrected chi connectivity index (χ4v) is 6.79. The highest BCUT2D eigenvalue weighted by Crippen LogP contribution is 2.36. The highest BCUT2D eigenvalue weighted by atomic mass is 16.5. The Labute approximate surface area is 236 Å². The molecule has 0 aliphatic carbocycles. The van der Waals surface area contributed by atoms with E-state index >= 15 is 0 Å². The van der Waals surface area contributed by atoms with Crippen molar-refractivity contribution in [2.45, 2.75) is 76.4 Å². The van der Waals surface area contributed by atoms with E-state index in [0.29, 0.717) is 77.8 Å². The Balaban J connectivity index is 1.37. The first kappa shape index (κ1) is 28.3. The van der Waals surface area contributed by atoms with E-state index in [1.807, 2.05) is 35.2 Å². The number of rotatable bonds is 3. The van der Waals surface area contributed by atoms with Gasteiger partial charge in [0.05, 0.1) is 5.41 Å². The molecule has 9 heteroatoms. The SMILES string of the molecule is CC(=O)N1CCC[C@H]1C(=O)N1CC[C@@H]2NC(=O)[C@@H](Cc3ccccc3)NC(=O)C3(C/C=C/C[C@H]2C1)CCOCC3. The third-order valence-electron chi connectivity index (χ3n) is 9.27. The number of hydrogen-bond donors (Lipinski definition) is 2. The van der Waals surface area contributed by atoms with Crippen LogP contribution in [-0.2, 0) is 30.3 Å². The average molecular weight is 551 g/mol. The second kappa shape index (κ2) is 12.5. The van der Waals surface area contributed by atoms with Gasteiger partial charge < -0.3 is 25.2 Å². The van der Waals surface area contributed by atoms with E-state index < -0.39 is 11.5 Å². The maximum Gasteiger partial charge on any atom is 0.245 e. The van der Waals surface area contributed by atoms with Gasteiger partial charge in [0, 0.05) is 58.2 Å². The third kappa shape index (κ3) is 6.24. The number of carbonyl (C=O) groups excluding carboxylic acids is 4. The van der Waals surface area contributed by atoms with Gasteiger partial charge in [0.15, 0.2) is 0 Å². The predicted molar refractivity (Wildman–Crippen MR) is 150 cm³/mol. The van der Waals surface area contributed by atoms with E-state index in [9.17, 15) is 19.2 Å². The topological polar surface area (TPSA) is 108 Å². The molecule has 4 atom stereocenters. The zero-order chi connectivity index (χ0) is 28.1. The third-order valence-corrected chi connectivity index (χ3v) is 9.27. The summed E-state index contributed by atoms with van der Waals surface area (Å²) in [5.41, 5.74) is 0.384. The van der Waals surface area contributed by atoms with Gasteiger partial charge in [-0.15, -0.1) is 0 Å². The van der Waals surface area contributed by atoms with Crippen LogP contribution in [0.1, 0.15) is 57.4 Å². The van der Waals surface area contributed by atoms with E-state index in [-0.39, 0.29) is 41.6 Å². The Kier molecular flexibility index (Phi) is 8.88. The maximum absolute atomic E-state index is 13.8. The van der Waals surface area contributed by atoms with Gasteiger partial charge in [-0.05, 0) is 50.5 Å². The van der Waals surface area contributed by atoms with Gasteiger partial charge in [-0.2, -0.15) is 0 Å². The molecule has 4 amide bonds. The Morgan fingerprint density at radius 3 is 2.55 bits per heavy atom. The molecule has 0 aromatic heterocycles. The lowest BCUT2D eigenvalue weighted by molar-refractivity contribution is -0.144. The fraction of sp³-hybridized carbons (Fsp3) is 0.613. The fourth-order valence-electron chi connectivity index (χ4n) is 6.79. The highest BCUT2D eigenvalue weighted by Gasteiger charge is 2.42. The molecule has 0 unspecified atom stereocenters. The van der Waals surface area contributed by atoms with Crippen molar-refractivity contribution in [3.8, 4) is 0 Å². The Morgan fingerprint density at radius 1 is 1.02 bits per heavy atom. The molecule has 216 valence electrons. The second-order valence-corrected chi connectivity index (χ2v) is 11.8. The molecule has 4 heterocycles. The molecule has 4 aliphatic heterocycles. The van der Waals surface area contributed by atoms with Gasteiger partial charge in [-0.1, -0.05) is 42.5 Å². The average Bonchev–Trinajstić information content (AvgIpc) is 3.46. The van der Waals surface area contributed by atoms with Gasteiger partial charge >= 0.3 is 0 Å². The first-order valence-corrected chi connectivity index (χ1v) is 14.8. The highest BCUT2D eigenvalue weighted by molar-refractivity contribution is 5.91. The van der Waals surface area contributed by atoms with Crippen molar-refractivity contribution in [2.75, 3.05) is 32.8 Å². The van der Waals surface area contributed by atoms with Crippen LogP contribution in [0, 0.1) is 11.3 Å². The monoisotopic (exact) mass is 550 g/mol. The number of carbonyl (C=O) groups is 4. The molecule has 1 spiro atoms. The van der Waals surface area contributed by atoms with Crippen LogP contribution < -0.4 is 10.6 Å². The molecule has 5 rings (SSSR count). The number of likely N-dealkylation sites (tertiary alicyclic amines) is 2. The van der Waals surface area contributed by atoms with E-state index in [1.165, 1.54) is 6.92 Å². The van der Waals surface area contributed by atoms with Crippen molar-refractivity contribution < 1.29 is 23.9 Å². The van der Waals surface area contributed by atoms with Crippen molar-refractivity contribution in [3.05, 3.63) is 48.0 Å². The largest absolute Gasteiger partial charge is 0.381 e. The molecule has 40 heavy (non-hydrogen) atoms. The Bertz CT molecular complexity index is 1120. The zero-order valence-electron chi connectivity index (χ0n) is 23.5. The van der Waals surface area contributed by atoms with Gasteiger partial charge in [-0.25, -0.2) is 0 Å². The summed E-state index contributed by atoms with van der Waals surface area (Å²) in [5, 5.41) is 6.39. The van der Waals surface area contributed by atoms with Gasteiger partial charge in [0.25, 0.3) is 0 Å². The van der Waals surface area contributed by atoms with Crippen LogP contribution in [0.15, 0.2) is 42.5 Å². The zero-order valence-corrected chi connectivity index (χ0v) is 23.5. The van der Waals surface area contributed by atoms with Gasteiger partial charge in [0.1, 0.15) is 12.1 Å². The summed E-state index contributed by atoms with van der Waals surface area (Å²) in [6.07, 6.45) is 9.33. The molecular weight excluding hydrogens is 508 g/mol. The minimum Gasteiger partial charge on any atom is -0.381 e. The van der Waals surface area contributed by atoms with Gasteiger partial charge in [0.2, 0.25) is 23.6 Å². The number of nitrogens with one attached hydrogen (secondary N) is 2. The van der Waals surface area contributed by atoms with Crippen LogP contribution in [0.3, 0.4) is 0 Å². The van der Waals surface area contributed by atoms with E-state index in [1.54, 1.807) is 4.90 Å². The summed E-state index contributed by atoms with van der Waals surface area (Å²) in [7, 11) is 0. The molecule has 1 aromatic rings. The molecule has 3 saturated heterocycles. The van der Waals surface area contributed by atoms with Crippen LogP contribution >= 0.6 is 0 Å². The predicted octanol–water partition coefficient (Wildman–Crippen LogP) is 2.20. The van der Waals surface area contributed by atoms with Crippen LogP contribution in [0.5, 0.6) is 0 Å². The van der Waals surface area contributed by atoms with E-state index in [4.69, 9.17) is 4.74 Å². The first-order valence-electron chi connectivity index (χ1n) is 14.8. The van der Waals surface area contributed by atoms with Crippen LogP contribution in [-0.4, -0.2) is 84.4 Å². The standard InChI is InChI=1S/C31H42N4O5/c1-22(36)35-16-7-11-27(35)29(38)34-17-12-25-24(21-34)10-5-6-13-31(14-18-40-19-15-31)30(39)33-26(28(37)32-25)20-23-8-3-2-4-9-23/h2-6,8-9,24-27H,7,10-21H2,1H3,(H,32,37)(H,33,39)/b6-5+/t24-,25-,26+,27-/m0/s1. The molecule has 3 fully saturated rings. The van der Waals surface area contributed by atoms with Crippen molar-refractivity contribution >= 4 is 23.6 Å². The Hall–Kier alpha value is -3.20. The van der Waals surface area contributed by atoms with Crippen molar-refractivity contribution in [1.29, 1.82) is 0 Å². The molecule has 9 nitrogen and oxygen atoms in total. The molecule has 0 radical (unpaired) electrons. The van der Waals surface area contributed by atoms with Crippen molar-refractivity contribution in [2.24, 2.45) is 11.3 Å². The smallest absolute Gasteiger partial charge is 0.245 e. The Morgan fingerprint density at radius 2 is 1.80 bits per heavy atom. The van der Waals surface area contributed by atoms with Crippen LogP contribution in [0.4, 0.5) is 0 Å². The van der Waals surface area contributed by atoms with Crippen molar-refractivity contribution in [1.82, 2.24) is 20.4 Å². The number of nitrogens with zero attached hydrogens (tertiary/aromatic N) is 2. The number of hydrogen-bond acceptors (Lipinski definition) is 5. The molecule has 0 bridgehead atoms. The summed E-state index contributed by atoms with van der Waals surface area (Å²) < 4.78 is 5.59. The number of amides is 4. The summed E-state index contributed by atoms with van der Waals surface area (Å²) in [4.78, 5) is 56.6.